The summed E-state index contributed by atoms with van der Waals surface area (Å²) < 4.78 is 0. The summed E-state index contributed by atoms with van der Waals surface area (Å²) in [5, 5.41) is 0. The number of carbonyl (C=O) groups is 1. The quantitative estimate of drug-likeness (QED) is 0.750. The van der Waals surface area contributed by atoms with Crippen LogP contribution >= 0.6 is 0 Å². The van der Waals surface area contributed by atoms with Crippen LogP contribution in [-0.4, -0.2) is 11.3 Å². The SMILES string of the molecule is CCC1CCCCC1C(=O)C1(N)CC1. The molecule has 2 nitrogen and oxygen atoms in total. The summed E-state index contributed by atoms with van der Waals surface area (Å²) in [6, 6.07) is 0. The van der Waals surface area contributed by atoms with Gasteiger partial charge < -0.3 is 5.73 Å². The fourth-order valence-electron chi connectivity index (χ4n) is 2.79. The summed E-state index contributed by atoms with van der Waals surface area (Å²) in [6.07, 6.45) is 7.87. The first-order chi connectivity index (χ1) is 6.67. The molecule has 2 rings (SSSR count). The van der Waals surface area contributed by atoms with Gasteiger partial charge in [0.1, 0.15) is 0 Å². The Kier molecular flexibility index (Phi) is 2.65. The lowest BCUT2D eigenvalue weighted by atomic mass is 9.74. The highest BCUT2D eigenvalue weighted by Gasteiger charge is 2.49. The van der Waals surface area contributed by atoms with E-state index in [0.29, 0.717) is 17.6 Å². The molecule has 0 radical (unpaired) electrons. The molecule has 80 valence electrons. The lowest BCUT2D eigenvalue weighted by molar-refractivity contribution is -0.127. The molecule has 0 bridgehead atoms. The van der Waals surface area contributed by atoms with Crippen LogP contribution in [0.15, 0.2) is 0 Å². The standard InChI is InChI=1S/C12H21NO/c1-2-9-5-3-4-6-10(9)11(14)12(13)7-8-12/h9-10H,2-8,13H2,1H3. The molecule has 2 N–H and O–H groups in total. The Morgan fingerprint density at radius 2 is 2.00 bits per heavy atom. The lowest BCUT2D eigenvalue weighted by Gasteiger charge is -2.31. The molecule has 2 fully saturated rings. The highest BCUT2D eigenvalue weighted by Crippen LogP contribution is 2.42. The van der Waals surface area contributed by atoms with Crippen molar-refractivity contribution in [2.24, 2.45) is 17.6 Å². The van der Waals surface area contributed by atoms with Gasteiger partial charge in [0.2, 0.25) is 0 Å². The van der Waals surface area contributed by atoms with E-state index in [2.05, 4.69) is 6.92 Å². The minimum absolute atomic E-state index is 0.293. The Hall–Kier alpha value is -0.370. The highest BCUT2D eigenvalue weighted by molar-refractivity contribution is 5.93. The summed E-state index contributed by atoms with van der Waals surface area (Å²) in [4.78, 5) is 12.1. The zero-order chi connectivity index (χ0) is 10.2. The van der Waals surface area contributed by atoms with Gasteiger partial charge in [0, 0.05) is 5.92 Å². The Morgan fingerprint density at radius 3 is 2.57 bits per heavy atom. The van der Waals surface area contributed by atoms with Gasteiger partial charge in [0.15, 0.2) is 5.78 Å². The molecule has 2 unspecified atom stereocenters. The van der Waals surface area contributed by atoms with Crippen molar-refractivity contribution in [3.05, 3.63) is 0 Å². The zero-order valence-electron chi connectivity index (χ0n) is 9.09. The average Bonchev–Trinajstić information content (AvgIpc) is 2.97. The third-order valence-corrected chi connectivity index (χ3v) is 4.05. The summed E-state index contributed by atoms with van der Waals surface area (Å²) in [5.41, 5.74) is 5.59. The molecule has 2 aliphatic rings. The maximum atomic E-state index is 12.1. The van der Waals surface area contributed by atoms with Crippen molar-refractivity contribution in [2.75, 3.05) is 0 Å². The molecule has 0 aromatic heterocycles. The molecule has 0 spiro atoms. The first-order valence-corrected chi connectivity index (χ1v) is 6.00. The fourth-order valence-corrected chi connectivity index (χ4v) is 2.79. The van der Waals surface area contributed by atoms with Gasteiger partial charge in [-0.2, -0.15) is 0 Å². The van der Waals surface area contributed by atoms with Gasteiger partial charge in [0.25, 0.3) is 0 Å². The molecule has 2 saturated carbocycles. The molecular weight excluding hydrogens is 174 g/mol. The van der Waals surface area contributed by atoms with Crippen molar-refractivity contribution >= 4 is 5.78 Å². The first kappa shape index (κ1) is 10.2. The van der Waals surface area contributed by atoms with E-state index in [1.807, 2.05) is 0 Å². The largest absolute Gasteiger partial charge is 0.319 e. The molecule has 2 heteroatoms. The van der Waals surface area contributed by atoms with E-state index >= 15 is 0 Å². The van der Waals surface area contributed by atoms with Gasteiger partial charge >= 0.3 is 0 Å². The van der Waals surface area contributed by atoms with Gasteiger partial charge in [-0.25, -0.2) is 0 Å². The van der Waals surface area contributed by atoms with E-state index in [0.717, 1.165) is 25.7 Å². The minimum Gasteiger partial charge on any atom is -0.319 e. The summed E-state index contributed by atoms with van der Waals surface area (Å²) in [7, 11) is 0. The molecule has 14 heavy (non-hydrogen) atoms. The number of rotatable bonds is 3. The van der Waals surface area contributed by atoms with E-state index in [4.69, 9.17) is 5.73 Å². The topological polar surface area (TPSA) is 43.1 Å². The monoisotopic (exact) mass is 195 g/mol. The van der Waals surface area contributed by atoms with Crippen LogP contribution in [0.4, 0.5) is 0 Å². The van der Waals surface area contributed by atoms with Crippen molar-refractivity contribution in [3.63, 3.8) is 0 Å². The van der Waals surface area contributed by atoms with Crippen molar-refractivity contribution < 1.29 is 4.79 Å². The maximum absolute atomic E-state index is 12.1. The van der Waals surface area contributed by atoms with Crippen LogP contribution in [0.1, 0.15) is 51.9 Å². The summed E-state index contributed by atoms with van der Waals surface area (Å²) >= 11 is 0. The molecule has 0 aromatic rings. The molecule has 2 atom stereocenters. The van der Waals surface area contributed by atoms with Crippen LogP contribution in [0.5, 0.6) is 0 Å². The Labute approximate surface area is 86.2 Å². The van der Waals surface area contributed by atoms with E-state index in [9.17, 15) is 4.79 Å². The maximum Gasteiger partial charge on any atom is 0.155 e. The van der Waals surface area contributed by atoms with Crippen LogP contribution in [0.2, 0.25) is 0 Å². The molecule has 0 heterocycles. The highest BCUT2D eigenvalue weighted by atomic mass is 16.1. The third kappa shape index (κ3) is 1.72. The number of Topliss-reactive ketones (excluding diaryl/α,β-unsaturated/α-hetero) is 1. The van der Waals surface area contributed by atoms with Gasteiger partial charge in [-0.15, -0.1) is 0 Å². The fraction of sp³-hybridized carbons (Fsp3) is 0.917. The van der Waals surface area contributed by atoms with Crippen molar-refractivity contribution in [2.45, 2.75) is 57.4 Å². The molecule has 2 aliphatic carbocycles. The Morgan fingerprint density at radius 1 is 1.36 bits per heavy atom. The van der Waals surface area contributed by atoms with E-state index in [-0.39, 0.29) is 0 Å². The van der Waals surface area contributed by atoms with Crippen LogP contribution < -0.4 is 5.73 Å². The third-order valence-electron chi connectivity index (χ3n) is 4.05. The number of hydrogen-bond acceptors (Lipinski definition) is 2. The van der Waals surface area contributed by atoms with Gasteiger partial charge in [-0.3, -0.25) is 4.79 Å². The number of hydrogen-bond donors (Lipinski definition) is 1. The molecule has 0 aromatic carbocycles. The number of ketones is 1. The number of carbonyl (C=O) groups excluding carboxylic acids is 1. The smallest absolute Gasteiger partial charge is 0.155 e. The van der Waals surface area contributed by atoms with Gasteiger partial charge in [-0.1, -0.05) is 26.2 Å². The van der Waals surface area contributed by atoms with E-state index < -0.39 is 5.54 Å². The van der Waals surface area contributed by atoms with Crippen LogP contribution in [-0.2, 0) is 4.79 Å². The first-order valence-electron chi connectivity index (χ1n) is 6.00. The average molecular weight is 195 g/mol. The second kappa shape index (κ2) is 3.65. The summed E-state index contributed by atoms with van der Waals surface area (Å²) in [5.74, 6) is 1.29. The molecule has 0 saturated heterocycles. The van der Waals surface area contributed by atoms with Crippen LogP contribution in [0.3, 0.4) is 0 Å². The Balaban J connectivity index is 2.03. The van der Waals surface area contributed by atoms with Crippen molar-refractivity contribution in [3.8, 4) is 0 Å². The molecule has 0 amide bonds. The van der Waals surface area contributed by atoms with Crippen molar-refractivity contribution in [1.29, 1.82) is 0 Å². The van der Waals surface area contributed by atoms with Gasteiger partial charge in [0.05, 0.1) is 5.54 Å². The van der Waals surface area contributed by atoms with Crippen LogP contribution in [0, 0.1) is 11.8 Å². The van der Waals surface area contributed by atoms with E-state index in [1.54, 1.807) is 0 Å². The van der Waals surface area contributed by atoms with E-state index in [1.165, 1.54) is 19.3 Å². The zero-order valence-corrected chi connectivity index (χ0v) is 9.09. The molecule has 0 aliphatic heterocycles. The minimum atomic E-state index is -0.393. The predicted octanol–water partition coefficient (Wildman–Crippen LogP) is 2.26. The number of nitrogens with two attached hydrogens (primary N) is 1. The Bertz CT molecular complexity index is 232. The van der Waals surface area contributed by atoms with Gasteiger partial charge in [-0.05, 0) is 31.6 Å². The lowest BCUT2D eigenvalue weighted by Crippen LogP contribution is -2.41. The second-order valence-electron chi connectivity index (χ2n) is 5.08. The van der Waals surface area contributed by atoms with Crippen molar-refractivity contribution in [1.82, 2.24) is 0 Å². The summed E-state index contributed by atoms with van der Waals surface area (Å²) in [6.45, 7) is 2.20. The van der Waals surface area contributed by atoms with Crippen LogP contribution in [0.25, 0.3) is 0 Å². The molecular formula is C12H21NO. The normalized spacial score (nSPS) is 35.3. The second-order valence-corrected chi connectivity index (χ2v) is 5.08. The predicted molar refractivity (Wildman–Crippen MR) is 56.9 cm³/mol.